The number of fused-ring (bicyclic) bond motifs is 1. The van der Waals surface area contributed by atoms with Gasteiger partial charge < -0.3 is 20.5 Å². The fourth-order valence-electron chi connectivity index (χ4n) is 3.31. The SMILES string of the molecule is Cc1ccc2c(c1)[C@@H](NC(=O)c1cc(F)ccc1OCCN)CC(C)(C)O2. The van der Waals surface area contributed by atoms with Crippen molar-refractivity contribution in [1.29, 1.82) is 0 Å². The van der Waals surface area contributed by atoms with E-state index in [4.69, 9.17) is 15.2 Å². The molecule has 5 nitrogen and oxygen atoms in total. The van der Waals surface area contributed by atoms with E-state index in [0.29, 0.717) is 18.7 Å². The van der Waals surface area contributed by atoms with E-state index in [0.717, 1.165) is 16.9 Å². The monoisotopic (exact) mass is 372 g/mol. The molecule has 0 spiro atoms. The van der Waals surface area contributed by atoms with Crippen molar-refractivity contribution in [1.82, 2.24) is 5.32 Å². The molecular formula is C21H25FN2O3. The summed E-state index contributed by atoms with van der Waals surface area (Å²) in [6.45, 7) is 6.50. The van der Waals surface area contributed by atoms with Crippen LogP contribution < -0.4 is 20.5 Å². The summed E-state index contributed by atoms with van der Waals surface area (Å²) in [7, 11) is 0. The van der Waals surface area contributed by atoms with Crippen LogP contribution in [0.3, 0.4) is 0 Å². The van der Waals surface area contributed by atoms with Crippen LogP contribution in [-0.4, -0.2) is 24.7 Å². The van der Waals surface area contributed by atoms with Gasteiger partial charge in [0.15, 0.2) is 0 Å². The summed E-state index contributed by atoms with van der Waals surface area (Å²) in [4.78, 5) is 12.9. The van der Waals surface area contributed by atoms with Gasteiger partial charge in [-0.1, -0.05) is 17.7 Å². The van der Waals surface area contributed by atoms with Gasteiger partial charge >= 0.3 is 0 Å². The molecule has 1 heterocycles. The van der Waals surface area contributed by atoms with E-state index in [2.05, 4.69) is 5.32 Å². The van der Waals surface area contributed by atoms with Crippen molar-refractivity contribution in [3.63, 3.8) is 0 Å². The zero-order valence-electron chi connectivity index (χ0n) is 15.8. The molecule has 0 unspecified atom stereocenters. The number of carbonyl (C=O) groups excluding carboxylic acids is 1. The van der Waals surface area contributed by atoms with Gasteiger partial charge in [-0.2, -0.15) is 0 Å². The number of nitrogens with two attached hydrogens (primary N) is 1. The minimum Gasteiger partial charge on any atom is -0.491 e. The number of carbonyl (C=O) groups is 1. The number of benzene rings is 2. The van der Waals surface area contributed by atoms with Crippen LogP contribution in [0.1, 0.15) is 47.8 Å². The van der Waals surface area contributed by atoms with Gasteiger partial charge in [0.25, 0.3) is 5.91 Å². The fourth-order valence-corrected chi connectivity index (χ4v) is 3.31. The molecular weight excluding hydrogens is 347 g/mol. The highest BCUT2D eigenvalue weighted by atomic mass is 19.1. The van der Waals surface area contributed by atoms with E-state index < -0.39 is 17.3 Å². The van der Waals surface area contributed by atoms with Gasteiger partial charge in [-0.25, -0.2) is 4.39 Å². The maximum absolute atomic E-state index is 13.7. The second-order valence-electron chi connectivity index (χ2n) is 7.41. The summed E-state index contributed by atoms with van der Waals surface area (Å²) in [5.41, 5.74) is 7.19. The standard InChI is InChI=1S/C21H25FN2O3/c1-13-4-6-19-15(10-13)17(12-21(2,3)27-19)24-20(25)16-11-14(22)5-7-18(16)26-9-8-23/h4-7,10-11,17H,8-9,12,23H2,1-3H3,(H,24,25)/t17-/m0/s1. The summed E-state index contributed by atoms with van der Waals surface area (Å²) in [6.07, 6.45) is 0.601. The lowest BCUT2D eigenvalue weighted by atomic mass is 9.88. The van der Waals surface area contributed by atoms with Crippen LogP contribution in [0.15, 0.2) is 36.4 Å². The molecule has 0 saturated carbocycles. The van der Waals surface area contributed by atoms with Crippen molar-refractivity contribution in [2.24, 2.45) is 5.73 Å². The fraction of sp³-hybridized carbons (Fsp3) is 0.381. The molecule has 2 aromatic carbocycles. The molecule has 2 aromatic rings. The van der Waals surface area contributed by atoms with Gasteiger partial charge in [-0.3, -0.25) is 4.79 Å². The first-order chi connectivity index (χ1) is 12.8. The molecule has 0 saturated heterocycles. The lowest BCUT2D eigenvalue weighted by Gasteiger charge is -2.38. The molecule has 1 aliphatic heterocycles. The lowest BCUT2D eigenvalue weighted by Crippen LogP contribution is -2.41. The number of amides is 1. The van der Waals surface area contributed by atoms with Crippen molar-refractivity contribution in [3.05, 3.63) is 58.9 Å². The van der Waals surface area contributed by atoms with Crippen LogP contribution in [0.25, 0.3) is 0 Å². The molecule has 27 heavy (non-hydrogen) atoms. The summed E-state index contributed by atoms with van der Waals surface area (Å²) in [5.74, 6) is 0.177. The first kappa shape index (κ1) is 19.2. The van der Waals surface area contributed by atoms with E-state index in [1.807, 2.05) is 39.0 Å². The summed E-state index contributed by atoms with van der Waals surface area (Å²) in [5, 5.41) is 3.02. The maximum Gasteiger partial charge on any atom is 0.255 e. The third-order valence-electron chi connectivity index (χ3n) is 4.49. The highest BCUT2D eigenvalue weighted by Gasteiger charge is 2.35. The van der Waals surface area contributed by atoms with Crippen LogP contribution in [-0.2, 0) is 0 Å². The molecule has 0 bridgehead atoms. The number of aryl methyl sites for hydroxylation is 1. The number of hydrogen-bond donors (Lipinski definition) is 2. The van der Waals surface area contributed by atoms with Gasteiger partial charge in [-0.05, 0) is 45.0 Å². The first-order valence-electron chi connectivity index (χ1n) is 9.02. The maximum atomic E-state index is 13.7. The smallest absolute Gasteiger partial charge is 0.255 e. The van der Waals surface area contributed by atoms with Gasteiger partial charge in [0, 0.05) is 18.5 Å². The van der Waals surface area contributed by atoms with E-state index in [1.165, 1.54) is 18.2 Å². The quantitative estimate of drug-likeness (QED) is 0.842. The molecule has 0 aromatic heterocycles. The molecule has 0 radical (unpaired) electrons. The van der Waals surface area contributed by atoms with Crippen LogP contribution in [0, 0.1) is 12.7 Å². The average Bonchev–Trinajstić information content (AvgIpc) is 2.60. The molecule has 0 fully saturated rings. The molecule has 0 aliphatic carbocycles. The zero-order valence-corrected chi connectivity index (χ0v) is 15.8. The minimum atomic E-state index is -0.496. The lowest BCUT2D eigenvalue weighted by molar-refractivity contribution is 0.0618. The molecule has 6 heteroatoms. The van der Waals surface area contributed by atoms with Crippen molar-refractivity contribution < 1.29 is 18.7 Å². The third-order valence-corrected chi connectivity index (χ3v) is 4.49. The predicted octanol–water partition coefficient (Wildman–Crippen LogP) is 3.50. The largest absolute Gasteiger partial charge is 0.491 e. The van der Waals surface area contributed by atoms with Crippen LogP contribution in [0.5, 0.6) is 11.5 Å². The Hall–Kier alpha value is -2.60. The number of ether oxygens (including phenoxy) is 2. The van der Waals surface area contributed by atoms with E-state index in [1.54, 1.807) is 0 Å². The molecule has 1 aliphatic rings. The van der Waals surface area contributed by atoms with E-state index in [-0.39, 0.29) is 18.2 Å². The Kier molecular flexibility index (Phi) is 5.37. The van der Waals surface area contributed by atoms with Gasteiger partial charge in [0.2, 0.25) is 0 Å². The predicted molar refractivity (Wildman–Crippen MR) is 102 cm³/mol. The Bertz CT molecular complexity index is 851. The van der Waals surface area contributed by atoms with Crippen molar-refractivity contribution in [2.75, 3.05) is 13.2 Å². The summed E-state index contributed by atoms with van der Waals surface area (Å²) >= 11 is 0. The van der Waals surface area contributed by atoms with Crippen molar-refractivity contribution in [3.8, 4) is 11.5 Å². The van der Waals surface area contributed by atoms with Crippen LogP contribution in [0.2, 0.25) is 0 Å². The second-order valence-corrected chi connectivity index (χ2v) is 7.41. The van der Waals surface area contributed by atoms with Crippen molar-refractivity contribution >= 4 is 5.91 Å². The van der Waals surface area contributed by atoms with E-state index >= 15 is 0 Å². The molecule has 3 rings (SSSR count). The number of hydrogen-bond acceptors (Lipinski definition) is 4. The van der Waals surface area contributed by atoms with E-state index in [9.17, 15) is 9.18 Å². The van der Waals surface area contributed by atoms with Gasteiger partial charge in [0.05, 0.1) is 11.6 Å². The Morgan fingerprint density at radius 3 is 2.85 bits per heavy atom. The zero-order chi connectivity index (χ0) is 19.6. The summed E-state index contributed by atoms with van der Waals surface area (Å²) in [6, 6.07) is 9.55. The highest BCUT2D eigenvalue weighted by molar-refractivity contribution is 5.97. The Labute approximate surface area is 158 Å². The normalized spacial score (nSPS) is 17.6. The minimum absolute atomic E-state index is 0.155. The Balaban J connectivity index is 1.90. The Morgan fingerprint density at radius 2 is 2.11 bits per heavy atom. The number of nitrogens with one attached hydrogen (secondary N) is 1. The van der Waals surface area contributed by atoms with Crippen molar-refractivity contribution in [2.45, 2.75) is 38.8 Å². The number of rotatable bonds is 5. The topological polar surface area (TPSA) is 73.6 Å². The second kappa shape index (κ2) is 7.56. The van der Waals surface area contributed by atoms with Gasteiger partial charge in [-0.15, -0.1) is 0 Å². The number of halogens is 1. The Morgan fingerprint density at radius 1 is 1.33 bits per heavy atom. The average molecular weight is 372 g/mol. The summed E-state index contributed by atoms with van der Waals surface area (Å²) < 4.78 is 25.3. The molecule has 3 N–H and O–H groups in total. The molecule has 144 valence electrons. The molecule has 1 atom stereocenters. The molecule has 1 amide bonds. The third kappa shape index (κ3) is 4.39. The first-order valence-corrected chi connectivity index (χ1v) is 9.02. The van der Waals surface area contributed by atoms with Crippen LogP contribution in [0.4, 0.5) is 4.39 Å². The highest BCUT2D eigenvalue weighted by Crippen LogP contribution is 2.40. The van der Waals surface area contributed by atoms with Gasteiger partial charge in [0.1, 0.15) is 29.5 Å². The van der Waals surface area contributed by atoms with Crippen LogP contribution >= 0.6 is 0 Å².